The van der Waals surface area contributed by atoms with Crippen LogP contribution in [0.5, 0.6) is 0 Å². The summed E-state index contributed by atoms with van der Waals surface area (Å²) >= 11 is 0. The van der Waals surface area contributed by atoms with Gasteiger partial charge in [0.2, 0.25) is 15.9 Å². The van der Waals surface area contributed by atoms with E-state index in [1.807, 2.05) is 157 Å². The number of carbonyl (C=O) groups excluding carboxylic acids is 8. The third-order valence-corrected chi connectivity index (χ3v) is 24.7. The van der Waals surface area contributed by atoms with E-state index in [2.05, 4.69) is 36.0 Å². The number of nitrogens with two attached hydrogens (primary N) is 1. The molecule has 0 saturated carbocycles. The number of primary amides is 1. The predicted molar refractivity (Wildman–Crippen MR) is 553 cm³/mol. The van der Waals surface area contributed by atoms with Gasteiger partial charge in [0, 0.05) is 60.5 Å². The van der Waals surface area contributed by atoms with E-state index in [-0.39, 0.29) is 85.4 Å². The Kier molecular flexibility index (Phi) is 41.9. The molecule has 0 saturated heterocycles. The van der Waals surface area contributed by atoms with Crippen LogP contribution in [-0.2, 0) is 76.4 Å². The number of carboxylic acids is 3. The summed E-state index contributed by atoms with van der Waals surface area (Å²) in [6, 6.07) is 97.1. The number of rotatable bonds is 28. The van der Waals surface area contributed by atoms with Gasteiger partial charge in [-0.05, 0) is 196 Å². The lowest BCUT2D eigenvalue weighted by Crippen LogP contribution is -2.21. The van der Waals surface area contributed by atoms with Crippen molar-refractivity contribution in [2.45, 2.75) is 95.4 Å². The molecule has 734 valence electrons. The highest BCUT2D eigenvalue weighted by atomic mass is 32.2. The van der Waals surface area contributed by atoms with Crippen LogP contribution in [0.1, 0.15) is 152 Å². The largest absolute Gasteiger partial charge is 0.478 e. The van der Waals surface area contributed by atoms with Crippen molar-refractivity contribution < 1.29 is 98.0 Å². The molecule has 14 aromatic rings. The summed E-state index contributed by atoms with van der Waals surface area (Å²) < 4.78 is 78.8. The molecule has 14 rings (SSSR count). The Hall–Kier alpha value is -17.4. The average molecular weight is 1980 g/mol. The quantitative estimate of drug-likeness (QED) is 0.0204. The highest BCUT2D eigenvalue weighted by molar-refractivity contribution is 7.92. The lowest BCUT2D eigenvalue weighted by atomic mass is 10.0. The number of carbonyl (C=O) groups is 11. The first kappa shape index (κ1) is 111. The minimum Gasteiger partial charge on any atom is -0.478 e. The molecule has 0 bridgehead atoms. The number of aromatic carboxylic acids is 3. The van der Waals surface area contributed by atoms with Gasteiger partial charge in [0.15, 0.2) is 42.8 Å². The molecule has 14 aromatic carbocycles. The van der Waals surface area contributed by atoms with Gasteiger partial charge in [-0.3, -0.25) is 34.0 Å². The van der Waals surface area contributed by atoms with Gasteiger partial charge in [0.25, 0.3) is 0 Å². The predicted octanol–water partition coefficient (Wildman–Crippen LogP) is 20.9. The van der Waals surface area contributed by atoms with Crippen LogP contribution >= 0.6 is 0 Å². The maximum Gasteiger partial charge on any atom is 0.411 e. The van der Waals surface area contributed by atoms with Crippen LogP contribution in [0, 0.1) is 52.9 Å². The van der Waals surface area contributed by atoms with Gasteiger partial charge in [0.05, 0.1) is 91.4 Å². The molecule has 0 unspecified atom stereocenters. The van der Waals surface area contributed by atoms with Gasteiger partial charge in [-0.25, -0.2) is 54.0 Å². The monoisotopic (exact) mass is 1980 g/mol. The number of hydrogen-bond donors (Lipinski definition) is 10. The number of hydrogen-bond acceptors (Lipinski definition) is 19. The fourth-order valence-corrected chi connectivity index (χ4v) is 16.8. The smallest absolute Gasteiger partial charge is 0.411 e. The number of anilines is 6. The number of aryl methyl sites for hydroxylation is 6. The molecule has 11 N–H and O–H groups in total. The van der Waals surface area contributed by atoms with E-state index in [0.29, 0.717) is 74.7 Å². The summed E-state index contributed by atoms with van der Waals surface area (Å²) in [6.07, 6.45) is 1.62. The normalized spacial score (nSPS) is 10.5. The summed E-state index contributed by atoms with van der Waals surface area (Å²) in [5, 5.41) is 48.7. The Morgan fingerprint density at radius 2 is 0.587 bits per heavy atom. The average Bonchev–Trinajstić information content (AvgIpc) is 0.815. The number of nitrogens with zero attached hydrogens (tertiary/aromatic N) is 1. The topological polar surface area (TPSA) is 482 Å². The molecule has 0 aromatic heterocycles. The Morgan fingerprint density at radius 1 is 0.322 bits per heavy atom. The highest BCUT2D eigenvalue weighted by Crippen LogP contribution is 2.28. The van der Waals surface area contributed by atoms with Gasteiger partial charge < -0.3 is 47.1 Å². The molecule has 143 heavy (non-hydrogen) atoms. The molecule has 0 spiro atoms. The molecule has 29 nitrogen and oxygen atoms in total. The van der Waals surface area contributed by atoms with E-state index < -0.39 is 71.5 Å². The summed E-state index contributed by atoms with van der Waals surface area (Å²) in [4.78, 5) is 128. The summed E-state index contributed by atoms with van der Waals surface area (Å²) in [5.41, 5.74) is 21.0. The molecule has 0 fully saturated rings. The first-order valence-corrected chi connectivity index (χ1v) is 49.2. The van der Waals surface area contributed by atoms with Crippen LogP contribution in [0.25, 0.3) is 0 Å². The number of ketones is 4. The molecule has 0 heterocycles. The molecule has 0 aliphatic heterocycles. The van der Waals surface area contributed by atoms with E-state index in [4.69, 9.17) is 26.3 Å². The Balaban J connectivity index is 0.000000204. The van der Waals surface area contributed by atoms with Crippen molar-refractivity contribution in [3.05, 3.63) is 451 Å². The lowest BCUT2D eigenvalue weighted by Gasteiger charge is -2.10. The number of sulfone groups is 2. The standard InChI is InChI=1S/C17H17NO3.C17H17NO2.C16H16N2O2.C16H17NO3S.C15H14N2O3.C15H11NO4S.C15H14O4S/c1-12-7-9-13(10-8-12)11-16(19)14-5-3-4-6-15(14)18-17(20)21-2;1-12-7-9-14(10-8-12)11-17(20)15-5-3-4-6-16(15)18-13(2)19;1-11-6-8-12(9-7-11)10-15(19)13-4-2-3-5-14(13)18-16(17)20;1-12-7-9-13(10-8-12)11-16(18)14-5-3-4-6-15(14)17-21(2,19)20;1-10-6-8-11(9-7-10)16-15(20)17-13-5-3-2-4-12(13)14(18)19;16-9-11-5-7-13(8-6-11)21(19,20)10-12-3-1-2-4-14(12)15(17)18;1-11-6-8-13(9-7-11)20(18,19)10-12-4-2-3-5-14(12)15(16)17/h3-10H,11H2,1-2H3,(H,18,20);3-10H,11H2,1-2H3,(H,18,19);2-9H,10H2,1H3,(H3,17,18,20);3-10,17H,11H2,1-2H3;2-9H,1H3,(H,18,19)(H2,16,17,20);1-8H,10H2,(H,17,18);2-9H,10H2,1H3,(H,16,17). The fraction of sp³-hybridized carbons (Fsp3) is 0.135. The second kappa shape index (κ2) is 54.1. The molecular weight excluding hydrogens is 1880 g/mol. The maximum absolute atomic E-state index is 12.4. The second-order valence-corrected chi connectivity index (χ2v) is 38.1. The van der Waals surface area contributed by atoms with E-state index in [1.165, 1.54) is 92.4 Å². The zero-order chi connectivity index (χ0) is 105. The number of benzene rings is 14. The Labute approximate surface area is 829 Å². The number of sulfonamides is 1. The molecule has 32 heteroatoms. The van der Waals surface area contributed by atoms with Gasteiger partial charge >= 0.3 is 36.1 Å². The maximum atomic E-state index is 12.4. The van der Waals surface area contributed by atoms with E-state index >= 15 is 0 Å². The first-order chi connectivity index (χ1) is 68.0. The third-order valence-electron chi connectivity index (χ3n) is 20.8. The van der Waals surface area contributed by atoms with E-state index in [0.717, 1.165) is 56.3 Å². The molecule has 0 atom stereocenters. The van der Waals surface area contributed by atoms with Crippen molar-refractivity contribution in [1.82, 2.24) is 0 Å². The minimum atomic E-state index is -3.67. The number of para-hydroxylation sites is 5. The zero-order valence-electron chi connectivity index (χ0n) is 79.5. The van der Waals surface area contributed by atoms with Crippen LogP contribution in [0.4, 0.5) is 48.5 Å². The summed E-state index contributed by atoms with van der Waals surface area (Å²) in [6.45, 7) is 13.2. The number of methoxy groups -OCH3 is 1. The zero-order valence-corrected chi connectivity index (χ0v) is 82.0. The van der Waals surface area contributed by atoms with Crippen molar-refractivity contribution in [1.29, 1.82) is 5.26 Å². The number of amides is 6. The van der Waals surface area contributed by atoms with Crippen molar-refractivity contribution in [3.8, 4) is 6.07 Å². The van der Waals surface area contributed by atoms with Gasteiger partial charge in [-0.1, -0.05) is 252 Å². The number of nitrogens with one attached hydrogen (secondary N) is 6. The molecular formula is C111H106N8O21S3. The van der Waals surface area contributed by atoms with Crippen molar-refractivity contribution in [2.24, 2.45) is 5.73 Å². The number of urea groups is 2. The Morgan fingerprint density at radius 3 is 0.895 bits per heavy atom. The van der Waals surface area contributed by atoms with Crippen LogP contribution in [0.3, 0.4) is 0 Å². The fourth-order valence-electron chi connectivity index (χ4n) is 13.4. The van der Waals surface area contributed by atoms with Crippen molar-refractivity contribution in [2.75, 3.05) is 44.7 Å². The van der Waals surface area contributed by atoms with Crippen LogP contribution in [-0.4, -0.2) is 119 Å². The van der Waals surface area contributed by atoms with Crippen molar-refractivity contribution >= 4 is 129 Å². The van der Waals surface area contributed by atoms with E-state index in [9.17, 15) is 78.0 Å². The number of ether oxygens (including phenoxy) is 1. The van der Waals surface area contributed by atoms with Gasteiger partial charge in [0.1, 0.15) is 0 Å². The Bertz CT molecular complexity index is 7170. The van der Waals surface area contributed by atoms with Crippen LogP contribution in [0.2, 0.25) is 0 Å². The third kappa shape index (κ3) is 37.1. The first-order valence-electron chi connectivity index (χ1n) is 44.0. The number of carboxylic acid groups (broad SMARTS) is 3. The number of nitriles is 1. The highest BCUT2D eigenvalue weighted by Gasteiger charge is 2.24. The van der Waals surface area contributed by atoms with Crippen LogP contribution < -0.4 is 37.0 Å². The van der Waals surface area contributed by atoms with Gasteiger partial charge in [-0.15, -0.1) is 0 Å². The van der Waals surface area contributed by atoms with Crippen LogP contribution in [0.15, 0.2) is 350 Å². The summed E-state index contributed by atoms with van der Waals surface area (Å²) in [7, 11) is -9.35. The van der Waals surface area contributed by atoms with E-state index in [1.54, 1.807) is 158 Å². The van der Waals surface area contributed by atoms with Crippen molar-refractivity contribution in [3.63, 3.8) is 0 Å². The van der Waals surface area contributed by atoms with Gasteiger partial charge in [-0.2, -0.15) is 5.26 Å². The summed E-state index contributed by atoms with van der Waals surface area (Å²) in [5.74, 6) is -4.51. The molecule has 6 amide bonds. The SMILES string of the molecule is CC(=O)Nc1ccccc1C(=O)Cc1ccc(C)cc1.COC(=O)Nc1ccccc1C(=O)Cc1ccc(C)cc1.Cc1ccc(CC(=O)c2ccccc2NC(N)=O)cc1.Cc1ccc(CC(=O)c2ccccc2NS(C)(=O)=O)cc1.Cc1ccc(NC(=O)Nc2ccccc2C(=O)O)cc1.Cc1ccc(S(=O)(=O)Cc2ccccc2C(=O)O)cc1.N#Cc1ccc(S(=O)(=O)Cc2ccccc2C(=O)O)cc1. The second-order valence-electron chi connectivity index (χ2n) is 32.4. The number of Topliss-reactive ketones (excluding diaryl/α,β-unsaturated/α-hetero) is 4. The lowest BCUT2D eigenvalue weighted by molar-refractivity contribution is -0.114. The molecule has 0 aliphatic carbocycles. The molecule has 0 aliphatic rings. The molecule has 0 radical (unpaired) electrons. The minimum absolute atomic E-state index is 0.00166.